The van der Waals surface area contributed by atoms with Gasteiger partial charge in [-0.3, -0.25) is 9.78 Å². The third-order valence-electron chi connectivity index (χ3n) is 2.23. The van der Waals surface area contributed by atoms with Gasteiger partial charge in [-0.25, -0.2) is 0 Å². The van der Waals surface area contributed by atoms with Crippen LogP contribution in [-0.2, 0) is 9.53 Å². The number of esters is 1. The normalized spacial score (nSPS) is 9.82. The van der Waals surface area contributed by atoms with Gasteiger partial charge in [0.2, 0.25) is 0 Å². The monoisotopic (exact) mass is 253 g/mol. The molecule has 1 rings (SSSR count). The van der Waals surface area contributed by atoms with Gasteiger partial charge in [0.05, 0.1) is 12.7 Å². The number of aryl methyl sites for hydroxylation is 2. The lowest BCUT2D eigenvalue weighted by Gasteiger charge is -2.13. The number of anilines is 1. The molecule has 0 fully saturated rings. The van der Waals surface area contributed by atoms with Crippen LogP contribution < -0.4 is 11.1 Å². The molecule has 92 valence electrons. The highest BCUT2D eigenvalue weighted by Crippen LogP contribution is 2.19. The number of hydrogen-bond acceptors (Lipinski definition) is 5. The number of rotatable bonds is 4. The third kappa shape index (κ3) is 3.39. The predicted octanol–water partition coefficient (Wildman–Crippen LogP) is 0.918. The van der Waals surface area contributed by atoms with Gasteiger partial charge in [-0.15, -0.1) is 0 Å². The van der Waals surface area contributed by atoms with Gasteiger partial charge in [0.25, 0.3) is 0 Å². The number of nitrogens with zero attached hydrogens (tertiary/aromatic N) is 1. The van der Waals surface area contributed by atoms with E-state index in [4.69, 9.17) is 18.0 Å². The molecule has 5 nitrogen and oxygen atoms in total. The van der Waals surface area contributed by atoms with Crippen molar-refractivity contribution < 1.29 is 9.53 Å². The molecule has 0 atom stereocenters. The maximum absolute atomic E-state index is 11.1. The van der Waals surface area contributed by atoms with Crippen molar-refractivity contribution in [2.75, 3.05) is 19.0 Å². The Morgan fingerprint density at radius 1 is 1.59 bits per heavy atom. The summed E-state index contributed by atoms with van der Waals surface area (Å²) in [5.41, 5.74) is 8.57. The van der Waals surface area contributed by atoms with Crippen LogP contribution in [0.3, 0.4) is 0 Å². The molecule has 0 amide bonds. The topological polar surface area (TPSA) is 77.2 Å². The van der Waals surface area contributed by atoms with Crippen LogP contribution >= 0.6 is 12.2 Å². The van der Waals surface area contributed by atoms with Crippen LogP contribution in [0.2, 0.25) is 0 Å². The lowest BCUT2D eigenvalue weighted by Crippen LogP contribution is -2.20. The van der Waals surface area contributed by atoms with Crippen LogP contribution in [0.15, 0.2) is 6.07 Å². The van der Waals surface area contributed by atoms with Crippen molar-refractivity contribution in [3.8, 4) is 0 Å². The number of aromatic nitrogens is 1. The van der Waals surface area contributed by atoms with Crippen molar-refractivity contribution in [1.82, 2.24) is 4.98 Å². The standard InChI is InChI=1S/C11H15N3O2S/c1-6-4-8(13-5-9(15)16-3)10(11(12)17)7(2)14-6/h4H,5H2,1-3H3,(H2,12,17)(H,13,14). The first-order valence-electron chi connectivity index (χ1n) is 5.04. The maximum atomic E-state index is 11.1. The molecular formula is C11H15N3O2S. The number of pyridine rings is 1. The molecule has 6 heteroatoms. The average molecular weight is 253 g/mol. The van der Waals surface area contributed by atoms with E-state index in [2.05, 4.69) is 15.0 Å². The van der Waals surface area contributed by atoms with Gasteiger partial charge >= 0.3 is 5.97 Å². The van der Waals surface area contributed by atoms with Crippen LogP contribution in [0, 0.1) is 13.8 Å². The van der Waals surface area contributed by atoms with Gasteiger partial charge in [0, 0.05) is 17.1 Å². The van der Waals surface area contributed by atoms with E-state index in [1.54, 1.807) is 6.07 Å². The van der Waals surface area contributed by atoms with E-state index in [1.807, 2.05) is 13.8 Å². The molecule has 0 bridgehead atoms. The SMILES string of the molecule is COC(=O)CNc1cc(C)nc(C)c1C(N)=S. The number of nitrogens with two attached hydrogens (primary N) is 1. The van der Waals surface area contributed by atoms with Crippen molar-refractivity contribution in [1.29, 1.82) is 0 Å². The molecule has 0 unspecified atom stereocenters. The Kier molecular flexibility index (Phi) is 4.39. The molecule has 17 heavy (non-hydrogen) atoms. The van der Waals surface area contributed by atoms with Gasteiger partial charge in [-0.05, 0) is 19.9 Å². The van der Waals surface area contributed by atoms with E-state index < -0.39 is 0 Å². The van der Waals surface area contributed by atoms with E-state index in [1.165, 1.54) is 7.11 Å². The van der Waals surface area contributed by atoms with Crippen LogP contribution in [0.1, 0.15) is 17.0 Å². The summed E-state index contributed by atoms with van der Waals surface area (Å²) in [5.74, 6) is -0.356. The molecule has 0 saturated carbocycles. The van der Waals surface area contributed by atoms with E-state index >= 15 is 0 Å². The molecule has 1 heterocycles. The second kappa shape index (κ2) is 5.58. The molecule has 0 aromatic carbocycles. The highest BCUT2D eigenvalue weighted by Gasteiger charge is 2.11. The van der Waals surface area contributed by atoms with Gasteiger partial charge in [0.1, 0.15) is 11.5 Å². The maximum Gasteiger partial charge on any atom is 0.325 e. The van der Waals surface area contributed by atoms with E-state index in [9.17, 15) is 4.79 Å². The fraction of sp³-hybridized carbons (Fsp3) is 0.364. The second-order valence-electron chi connectivity index (χ2n) is 3.57. The van der Waals surface area contributed by atoms with Crippen LogP contribution in [0.4, 0.5) is 5.69 Å². The Morgan fingerprint density at radius 3 is 2.76 bits per heavy atom. The molecule has 0 aliphatic carbocycles. The molecule has 3 N–H and O–H groups in total. The molecule has 0 spiro atoms. The fourth-order valence-electron chi connectivity index (χ4n) is 1.52. The summed E-state index contributed by atoms with van der Waals surface area (Å²) in [4.78, 5) is 15.6. The summed E-state index contributed by atoms with van der Waals surface area (Å²) < 4.78 is 4.55. The smallest absolute Gasteiger partial charge is 0.325 e. The van der Waals surface area contributed by atoms with Gasteiger partial charge < -0.3 is 15.8 Å². The lowest BCUT2D eigenvalue weighted by molar-refractivity contribution is -0.138. The van der Waals surface area contributed by atoms with Crippen LogP contribution in [0.5, 0.6) is 0 Å². The van der Waals surface area contributed by atoms with Crippen molar-refractivity contribution in [2.45, 2.75) is 13.8 Å². The van der Waals surface area contributed by atoms with Crippen molar-refractivity contribution >= 4 is 28.9 Å². The van der Waals surface area contributed by atoms with E-state index in [-0.39, 0.29) is 17.5 Å². The van der Waals surface area contributed by atoms with E-state index in [0.717, 1.165) is 11.4 Å². The number of methoxy groups -OCH3 is 1. The summed E-state index contributed by atoms with van der Waals surface area (Å²) in [6, 6.07) is 1.80. The Bertz CT molecular complexity index is 460. The van der Waals surface area contributed by atoms with Crippen molar-refractivity contribution in [3.05, 3.63) is 23.0 Å². The minimum Gasteiger partial charge on any atom is -0.468 e. The first kappa shape index (κ1) is 13.4. The van der Waals surface area contributed by atoms with Crippen LogP contribution in [-0.4, -0.2) is 29.6 Å². The predicted molar refractivity (Wildman–Crippen MR) is 70.1 cm³/mol. The van der Waals surface area contributed by atoms with Crippen molar-refractivity contribution in [3.63, 3.8) is 0 Å². The number of ether oxygens (including phenoxy) is 1. The zero-order valence-electron chi connectivity index (χ0n) is 10.0. The lowest BCUT2D eigenvalue weighted by atomic mass is 10.1. The fourth-order valence-corrected chi connectivity index (χ4v) is 1.78. The van der Waals surface area contributed by atoms with Gasteiger partial charge in [0.15, 0.2) is 0 Å². The summed E-state index contributed by atoms with van der Waals surface area (Å²) in [5, 5.41) is 2.94. The number of carbonyl (C=O) groups is 1. The Labute approximate surface area is 105 Å². The minimum atomic E-state index is -0.356. The molecule has 0 aliphatic heterocycles. The van der Waals surface area contributed by atoms with Gasteiger partial charge in [-0.1, -0.05) is 12.2 Å². The summed E-state index contributed by atoms with van der Waals surface area (Å²) >= 11 is 4.97. The number of carbonyl (C=O) groups excluding carboxylic acids is 1. The Balaban J connectivity index is 3.04. The Hall–Kier alpha value is -1.69. The number of hydrogen-bond donors (Lipinski definition) is 2. The minimum absolute atomic E-state index is 0.0645. The quantitative estimate of drug-likeness (QED) is 0.613. The number of thiocarbonyl (C=S) groups is 1. The molecule has 0 saturated heterocycles. The highest BCUT2D eigenvalue weighted by atomic mass is 32.1. The molecular weight excluding hydrogens is 238 g/mol. The summed E-state index contributed by atoms with van der Waals surface area (Å²) in [6.45, 7) is 3.75. The number of nitrogens with one attached hydrogen (secondary N) is 1. The zero-order chi connectivity index (χ0) is 13.0. The van der Waals surface area contributed by atoms with Gasteiger partial charge in [-0.2, -0.15) is 0 Å². The van der Waals surface area contributed by atoms with E-state index in [0.29, 0.717) is 11.3 Å². The third-order valence-corrected chi connectivity index (χ3v) is 2.43. The molecule has 0 aliphatic rings. The van der Waals surface area contributed by atoms with Crippen LogP contribution in [0.25, 0.3) is 0 Å². The summed E-state index contributed by atoms with van der Waals surface area (Å²) in [7, 11) is 1.33. The Morgan fingerprint density at radius 2 is 2.24 bits per heavy atom. The second-order valence-corrected chi connectivity index (χ2v) is 4.01. The average Bonchev–Trinajstić information content (AvgIpc) is 2.24. The zero-order valence-corrected chi connectivity index (χ0v) is 10.9. The first-order chi connectivity index (χ1) is 7.95. The highest BCUT2D eigenvalue weighted by molar-refractivity contribution is 7.80. The molecule has 1 aromatic rings. The first-order valence-corrected chi connectivity index (χ1v) is 5.45. The summed E-state index contributed by atoms with van der Waals surface area (Å²) in [6.07, 6.45) is 0. The largest absolute Gasteiger partial charge is 0.468 e. The van der Waals surface area contributed by atoms with Crippen molar-refractivity contribution in [2.24, 2.45) is 5.73 Å². The molecule has 0 radical (unpaired) electrons. The molecule has 1 aromatic heterocycles.